The Hall–Kier alpha value is -3.79. The zero-order valence-corrected chi connectivity index (χ0v) is 23.6. The predicted molar refractivity (Wildman–Crippen MR) is 151 cm³/mol. The molecule has 5 aromatic rings. The van der Waals surface area contributed by atoms with Crippen LogP contribution in [-0.4, -0.2) is 64.4 Å². The van der Waals surface area contributed by atoms with E-state index in [1.807, 2.05) is 19.3 Å². The Kier molecular flexibility index (Phi) is 6.58. The molecule has 1 aliphatic carbocycles. The molecule has 5 aromatic heterocycles. The minimum absolute atomic E-state index is 0.291. The lowest BCUT2D eigenvalue weighted by atomic mass is 9.82. The lowest BCUT2D eigenvalue weighted by Gasteiger charge is -2.34. The molecule has 39 heavy (non-hydrogen) atoms. The van der Waals surface area contributed by atoms with Gasteiger partial charge >= 0.3 is 0 Å². The summed E-state index contributed by atoms with van der Waals surface area (Å²) in [5.74, 6) is 2.34. The predicted octanol–water partition coefficient (Wildman–Crippen LogP) is 5.00. The number of nitrogens with zero attached hydrogens (tertiary/aromatic N) is 8. The summed E-state index contributed by atoms with van der Waals surface area (Å²) in [6, 6.07) is 4.86. The third kappa shape index (κ3) is 4.67. The maximum absolute atomic E-state index is 5.64. The third-order valence-electron chi connectivity index (χ3n) is 8.21. The van der Waals surface area contributed by atoms with Crippen molar-refractivity contribution in [2.75, 3.05) is 14.2 Å². The van der Waals surface area contributed by atoms with Crippen LogP contribution >= 0.6 is 0 Å². The molecule has 0 bridgehead atoms. The van der Waals surface area contributed by atoms with Gasteiger partial charge in [-0.05, 0) is 63.3 Å². The van der Waals surface area contributed by atoms with E-state index in [9.17, 15) is 0 Å². The van der Waals surface area contributed by atoms with E-state index in [2.05, 4.69) is 63.9 Å². The van der Waals surface area contributed by atoms with Crippen molar-refractivity contribution in [3.63, 3.8) is 0 Å². The lowest BCUT2D eigenvalue weighted by molar-refractivity contribution is 0.171. The van der Waals surface area contributed by atoms with E-state index in [0.717, 1.165) is 60.3 Å². The fourth-order valence-electron chi connectivity index (χ4n) is 6.23. The monoisotopic (exact) mass is 527 g/mol. The molecule has 6 rings (SSSR count). The number of hydrogen-bond acceptors (Lipinski definition) is 7. The number of methoxy groups -OCH3 is 1. The second-order valence-electron chi connectivity index (χ2n) is 11.2. The SMILES string of the molecule is COc1cc(-c2[nH]c3cc(C)c(C4CCC(N(C)Cc5ncn(C)n5)CC4)nc3c2C(C)C)cn2ncnc12. The van der Waals surface area contributed by atoms with E-state index in [1.165, 1.54) is 16.8 Å². The minimum Gasteiger partial charge on any atom is -0.493 e. The van der Waals surface area contributed by atoms with E-state index >= 15 is 0 Å². The Labute approximate surface area is 228 Å². The van der Waals surface area contributed by atoms with E-state index in [-0.39, 0.29) is 0 Å². The van der Waals surface area contributed by atoms with Crippen molar-refractivity contribution >= 4 is 16.7 Å². The van der Waals surface area contributed by atoms with Gasteiger partial charge in [0.05, 0.1) is 30.4 Å². The summed E-state index contributed by atoms with van der Waals surface area (Å²) >= 11 is 0. The molecule has 0 unspecified atom stereocenters. The molecule has 204 valence electrons. The molecule has 0 saturated heterocycles. The van der Waals surface area contributed by atoms with Gasteiger partial charge in [-0.15, -0.1) is 0 Å². The first-order chi connectivity index (χ1) is 18.8. The standard InChI is InChI=1S/C29H37N9O/c1-17(2)25-27(20-12-23(39-6)29-30-15-32-38(29)13-20)33-22-11-18(3)26(34-28(22)25)19-7-9-21(10-8-19)36(4)14-24-31-16-37(5)35-24/h11-13,15-17,19,21,33H,7-10,14H2,1-6H3. The molecule has 0 aliphatic heterocycles. The van der Waals surface area contributed by atoms with E-state index in [1.54, 1.807) is 29.0 Å². The molecule has 0 spiro atoms. The molecular formula is C29H37N9O. The van der Waals surface area contributed by atoms with Crippen LogP contribution in [0.1, 0.15) is 74.0 Å². The van der Waals surface area contributed by atoms with Crippen LogP contribution in [0.25, 0.3) is 27.9 Å². The highest BCUT2D eigenvalue weighted by Gasteiger charge is 2.28. The fraction of sp³-hybridized carbons (Fsp3) is 0.483. The van der Waals surface area contributed by atoms with Gasteiger partial charge in [0.1, 0.15) is 12.7 Å². The molecule has 0 amide bonds. The Morgan fingerprint density at radius 1 is 1.15 bits per heavy atom. The molecule has 0 atom stereocenters. The number of aromatic amines is 1. The van der Waals surface area contributed by atoms with Crippen LogP contribution in [0.5, 0.6) is 5.75 Å². The summed E-state index contributed by atoms with van der Waals surface area (Å²) in [5, 5.41) is 8.81. The first-order valence-corrected chi connectivity index (χ1v) is 13.8. The van der Waals surface area contributed by atoms with Crippen molar-refractivity contribution in [3.05, 3.63) is 53.6 Å². The Morgan fingerprint density at radius 3 is 2.64 bits per heavy atom. The molecule has 0 radical (unpaired) electrons. The van der Waals surface area contributed by atoms with Gasteiger partial charge in [-0.3, -0.25) is 14.6 Å². The van der Waals surface area contributed by atoms with Crippen LogP contribution in [0, 0.1) is 6.92 Å². The van der Waals surface area contributed by atoms with Crippen LogP contribution in [0.15, 0.2) is 31.0 Å². The van der Waals surface area contributed by atoms with Crippen molar-refractivity contribution in [2.45, 2.75) is 70.9 Å². The average Bonchev–Trinajstić information content (AvgIpc) is 3.65. The van der Waals surface area contributed by atoms with E-state index in [4.69, 9.17) is 9.72 Å². The highest BCUT2D eigenvalue weighted by molar-refractivity contribution is 5.89. The maximum Gasteiger partial charge on any atom is 0.197 e. The number of ether oxygens (including phenoxy) is 1. The summed E-state index contributed by atoms with van der Waals surface area (Å²) < 4.78 is 9.18. The van der Waals surface area contributed by atoms with E-state index < -0.39 is 0 Å². The molecule has 1 fully saturated rings. The first kappa shape index (κ1) is 25.5. The highest BCUT2D eigenvalue weighted by atomic mass is 16.5. The quantitative estimate of drug-likeness (QED) is 0.318. The number of rotatable bonds is 7. The molecule has 10 nitrogen and oxygen atoms in total. The number of aryl methyl sites for hydroxylation is 2. The molecule has 10 heteroatoms. The first-order valence-electron chi connectivity index (χ1n) is 13.8. The molecule has 1 N–H and O–H groups in total. The normalized spacial score (nSPS) is 18.2. The van der Waals surface area contributed by atoms with Crippen LogP contribution in [0.3, 0.4) is 0 Å². The summed E-state index contributed by atoms with van der Waals surface area (Å²) in [7, 11) is 5.78. The summed E-state index contributed by atoms with van der Waals surface area (Å²) in [4.78, 5) is 20.2. The average molecular weight is 528 g/mol. The van der Waals surface area contributed by atoms with Crippen molar-refractivity contribution < 1.29 is 4.74 Å². The number of hydrogen-bond donors (Lipinski definition) is 1. The van der Waals surface area contributed by atoms with Gasteiger partial charge in [0, 0.05) is 42.0 Å². The van der Waals surface area contributed by atoms with Crippen LogP contribution in [-0.2, 0) is 13.6 Å². The zero-order chi connectivity index (χ0) is 27.3. The molecule has 0 aromatic carbocycles. The van der Waals surface area contributed by atoms with Gasteiger partial charge in [0.25, 0.3) is 0 Å². The Balaban J connectivity index is 1.29. The van der Waals surface area contributed by atoms with Gasteiger partial charge < -0.3 is 9.72 Å². The van der Waals surface area contributed by atoms with Gasteiger partial charge in [0.15, 0.2) is 17.2 Å². The largest absolute Gasteiger partial charge is 0.493 e. The van der Waals surface area contributed by atoms with Crippen LogP contribution in [0.4, 0.5) is 0 Å². The Morgan fingerprint density at radius 2 is 1.95 bits per heavy atom. The summed E-state index contributed by atoms with van der Waals surface area (Å²) in [6.07, 6.45) is 9.91. The van der Waals surface area contributed by atoms with Crippen LogP contribution in [0.2, 0.25) is 0 Å². The topological polar surface area (TPSA) is 102 Å². The second-order valence-corrected chi connectivity index (χ2v) is 11.2. The number of nitrogens with one attached hydrogen (secondary N) is 1. The minimum atomic E-state index is 0.291. The lowest BCUT2D eigenvalue weighted by Crippen LogP contribution is -2.35. The van der Waals surface area contributed by atoms with Gasteiger partial charge in [0.2, 0.25) is 0 Å². The molecule has 5 heterocycles. The maximum atomic E-state index is 5.64. The van der Waals surface area contributed by atoms with Gasteiger partial charge in [-0.2, -0.15) is 10.2 Å². The van der Waals surface area contributed by atoms with E-state index in [0.29, 0.717) is 29.3 Å². The summed E-state index contributed by atoms with van der Waals surface area (Å²) in [6.45, 7) is 7.45. The van der Waals surface area contributed by atoms with Crippen molar-refractivity contribution in [2.24, 2.45) is 7.05 Å². The number of fused-ring (bicyclic) bond motifs is 2. The number of H-pyrrole nitrogens is 1. The number of pyridine rings is 2. The number of aromatic nitrogens is 8. The van der Waals surface area contributed by atoms with Crippen LogP contribution < -0.4 is 4.74 Å². The highest BCUT2D eigenvalue weighted by Crippen LogP contribution is 2.40. The third-order valence-corrected chi connectivity index (χ3v) is 8.21. The van der Waals surface area contributed by atoms with Gasteiger partial charge in [-0.25, -0.2) is 14.5 Å². The second kappa shape index (κ2) is 10.1. The van der Waals surface area contributed by atoms with Crippen molar-refractivity contribution in [1.29, 1.82) is 0 Å². The zero-order valence-electron chi connectivity index (χ0n) is 23.6. The summed E-state index contributed by atoms with van der Waals surface area (Å²) in [5.41, 5.74) is 8.64. The van der Waals surface area contributed by atoms with Crippen molar-refractivity contribution in [1.82, 2.24) is 44.2 Å². The molecular weight excluding hydrogens is 490 g/mol. The fourth-order valence-corrected chi connectivity index (χ4v) is 6.23. The van der Waals surface area contributed by atoms with Gasteiger partial charge in [-0.1, -0.05) is 13.8 Å². The molecule has 1 aliphatic rings. The molecule has 1 saturated carbocycles. The Bertz CT molecular complexity index is 1620. The van der Waals surface area contributed by atoms with Crippen molar-refractivity contribution in [3.8, 4) is 17.0 Å². The smallest absolute Gasteiger partial charge is 0.197 e.